The van der Waals surface area contributed by atoms with Gasteiger partial charge in [-0.15, -0.1) is 5.10 Å². The van der Waals surface area contributed by atoms with Crippen LogP contribution in [0.1, 0.15) is 47.7 Å². The Morgan fingerprint density at radius 3 is 2.95 bits per heavy atom. The van der Waals surface area contributed by atoms with E-state index in [-0.39, 0.29) is 17.8 Å². The standard InChI is InChI=1S/C15H16N4O/c1-9-8-11-4-2-3-5-12(11)19(9)15(20)14-16-13(17-18-14)10-6-7-10/h2-5,9-10H,6-8H2,1H3,(H,16,17,18). The van der Waals surface area contributed by atoms with Gasteiger partial charge in [0.2, 0.25) is 5.82 Å². The number of carbonyl (C=O) groups is 1. The largest absolute Gasteiger partial charge is 0.302 e. The maximum Gasteiger partial charge on any atom is 0.298 e. The van der Waals surface area contributed by atoms with Crippen LogP contribution >= 0.6 is 0 Å². The van der Waals surface area contributed by atoms with E-state index in [4.69, 9.17) is 0 Å². The van der Waals surface area contributed by atoms with Crippen LogP contribution in [-0.4, -0.2) is 27.1 Å². The molecule has 1 amide bonds. The third kappa shape index (κ3) is 1.73. The predicted molar refractivity (Wildman–Crippen MR) is 74.8 cm³/mol. The Labute approximate surface area is 117 Å². The molecule has 5 heteroatoms. The van der Waals surface area contributed by atoms with Gasteiger partial charge in [-0.05, 0) is 37.8 Å². The molecule has 4 rings (SSSR count). The van der Waals surface area contributed by atoms with E-state index in [1.54, 1.807) is 0 Å². The first-order valence-electron chi connectivity index (χ1n) is 7.08. The molecule has 0 spiro atoms. The zero-order valence-electron chi connectivity index (χ0n) is 11.3. The summed E-state index contributed by atoms with van der Waals surface area (Å²) in [4.78, 5) is 18.8. The van der Waals surface area contributed by atoms with Crippen LogP contribution in [0.25, 0.3) is 0 Å². The Balaban J connectivity index is 1.67. The molecule has 1 aromatic carbocycles. The molecule has 1 atom stereocenters. The molecule has 2 aliphatic rings. The molecular weight excluding hydrogens is 252 g/mol. The van der Waals surface area contributed by atoms with Gasteiger partial charge in [-0.3, -0.25) is 9.89 Å². The van der Waals surface area contributed by atoms with E-state index in [2.05, 4.69) is 28.2 Å². The molecule has 0 saturated heterocycles. The third-order valence-corrected chi connectivity index (χ3v) is 4.08. The summed E-state index contributed by atoms with van der Waals surface area (Å²) in [6.45, 7) is 2.06. The number of aromatic nitrogens is 3. The number of fused-ring (bicyclic) bond motifs is 1. The van der Waals surface area contributed by atoms with Crippen molar-refractivity contribution in [1.29, 1.82) is 0 Å². The lowest BCUT2D eigenvalue weighted by atomic mass is 10.1. The summed E-state index contributed by atoms with van der Waals surface area (Å²) in [6.07, 6.45) is 3.18. The van der Waals surface area contributed by atoms with Crippen LogP contribution in [0.3, 0.4) is 0 Å². The quantitative estimate of drug-likeness (QED) is 0.908. The SMILES string of the molecule is CC1Cc2ccccc2N1C(=O)c1n[nH]c(C2CC2)n1. The second-order valence-electron chi connectivity index (χ2n) is 5.68. The fourth-order valence-corrected chi connectivity index (χ4v) is 2.89. The van der Waals surface area contributed by atoms with E-state index in [1.165, 1.54) is 5.56 Å². The second-order valence-corrected chi connectivity index (χ2v) is 5.68. The lowest BCUT2D eigenvalue weighted by molar-refractivity contribution is 0.0972. The van der Waals surface area contributed by atoms with Gasteiger partial charge < -0.3 is 4.90 Å². The highest BCUT2D eigenvalue weighted by Crippen LogP contribution is 2.38. The van der Waals surface area contributed by atoms with Crippen LogP contribution in [-0.2, 0) is 6.42 Å². The molecule has 1 fully saturated rings. The molecule has 2 aromatic rings. The molecule has 1 N–H and O–H groups in total. The molecular formula is C15H16N4O. The number of hydrogen-bond donors (Lipinski definition) is 1. The monoisotopic (exact) mass is 268 g/mol. The molecule has 0 radical (unpaired) electrons. The van der Waals surface area contributed by atoms with Gasteiger partial charge in [0.05, 0.1) is 0 Å². The molecule has 20 heavy (non-hydrogen) atoms. The Morgan fingerprint density at radius 2 is 2.15 bits per heavy atom. The van der Waals surface area contributed by atoms with Crippen molar-refractivity contribution in [1.82, 2.24) is 15.2 Å². The lowest BCUT2D eigenvalue weighted by Gasteiger charge is -2.20. The van der Waals surface area contributed by atoms with Gasteiger partial charge in [0.1, 0.15) is 5.82 Å². The number of anilines is 1. The highest BCUT2D eigenvalue weighted by molar-refractivity contribution is 6.05. The first kappa shape index (κ1) is 11.6. The van der Waals surface area contributed by atoms with Gasteiger partial charge in [0.15, 0.2) is 0 Å². The molecule has 5 nitrogen and oxygen atoms in total. The molecule has 1 saturated carbocycles. The molecule has 1 aromatic heterocycles. The number of aromatic amines is 1. The maximum absolute atomic E-state index is 12.7. The van der Waals surface area contributed by atoms with Crippen molar-refractivity contribution in [3.05, 3.63) is 41.5 Å². The number of nitrogens with zero attached hydrogens (tertiary/aromatic N) is 3. The van der Waals surface area contributed by atoms with Gasteiger partial charge in [0.25, 0.3) is 5.91 Å². The molecule has 1 unspecified atom stereocenters. The first-order chi connectivity index (χ1) is 9.74. The summed E-state index contributed by atoms with van der Waals surface area (Å²) in [5.41, 5.74) is 2.20. The minimum atomic E-state index is -0.106. The Hall–Kier alpha value is -2.17. The highest BCUT2D eigenvalue weighted by atomic mass is 16.2. The minimum Gasteiger partial charge on any atom is -0.302 e. The summed E-state index contributed by atoms with van der Waals surface area (Å²) in [6, 6.07) is 8.20. The summed E-state index contributed by atoms with van der Waals surface area (Å²) in [7, 11) is 0. The smallest absolute Gasteiger partial charge is 0.298 e. The summed E-state index contributed by atoms with van der Waals surface area (Å²) in [5, 5.41) is 7.00. The average molecular weight is 268 g/mol. The molecule has 0 bridgehead atoms. The number of carbonyl (C=O) groups excluding carboxylic acids is 1. The third-order valence-electron chi connectivity index (χ3n) is 4.08. The maximum atomic E-state index is 12.7. The first-order valence-corrected chi connectivity index (χ1v) is 7.08. The van der Waals surface area contributed by atoms with Crippen molar-refractivity contribution in [3.8, 4) is 0 Å². The Morgan fingerprint density at radius 1 is 1.35 bits per heavy atom. The van der Waals surface area contributed by atoms with Crippen molar-refractivity contribution in [2.45, 2.75) is 38.1 Å². The van der Waals surface area contributed by atoms with E-state index < -0.39 is 0 Å². The number of hydrogen-bond acceptors (Lipinski definition) is 3. The van der Waals surface area contributed by atoms with Crippen molar-refractivity contribution in [2.24, 2.45) is 0 Å². The van der Waals surface area contributed by atoms with Gasteiger partial charge in [-0.25, -0.2) is 4.98 Å². The van der Waals surface area contributed by atoms with Crippen LogP contribution in [0.5, 0.6) is 0 Å². The fourth-order valence-electron chi connectivity index (χ4n) is 2.89. The average Bonchev–Trinajstić information content (AvgIpc) is 3.08. The van der Waals surface area contributed by atoms with Crippen molar-refractivity contribution >= 4 is 11.6 Å². The number of rotatable bonds is 2. The highest BCUT2D eigenvalue weighted by Gasteiger charge is 2.34. The molecule has 2 heterocycles. The summed E-state index contributed by atoms with van der Waals surface area (Å²) in [5.74, 6) is 1.52. The van der Waals surface area contributed by atoms with Gasteiger partial charge in [-0.1, -0.05) is 18.2 Å². The van der Waals surface area contributed by atoms with Crippen LogP contribution < -0.4 is 4.90 Å². The number of amides is 1. The zero-order chi connectivity index (χ0) is 13.7. The molecule has 102 valence electrons. The van der Waals surface area contributed by atoms with E-state index in [0.717, 1.165) is 30.8 Å². The van der Waals surface area contributed by atoms with Crippen LogP contribution in [0.4, 0.5) is 5.69 Å². The number of para-hydroxylation sites is 1. The van der Waals surface area contributed by atoms with Crippen LogP contribution in [0.15, 0.2) is 24.3 Å². The molecule has 1 aliphatic carbocycles. The van der Waals surface area contributed by atoms with Crippen molar-refractivity contribution < 1.29 is 4.79 Å². The lowest BCUT2D eigenvalue weighted by Crippen LogP contribution is -2.36. The van der Waals surface area contributed by atoms with E-state index in [9.17, 15) is 4.79 Å². The predicted octanol–water partition coefficient (Wildman–Crippen LogP) is 2.27. The van der Waals surface area contributed by atoms with E-state index >= 15 is 0 Å². The van der Waals surface area contributed by atoms with Gasteiger partial charge in [0, 0.05) is 17.6 Å². The minimum absolute atomic E-state index is 0.106. The molecule has 1 aliphatic heterocycles. The van der Waals surface area contributed by atoms with Crippen molar-refractivity contribution in [2.75, 3.05) is 4.90 Å². The van der Waals surface area contributed by atoms with E-state index in [0.29, 0.717) is 5.92 Å². The number of H-pyrrole nitrogens is 1. The van der Waals surface area contributed by atoms with Gasteiger partial charge in [-0.2, -0.15) is 0 Å². The second kappa shape index (κ2) is 4.16. The topological polar surface area (TPSA) is 61.9 Å². The van der Waals surface area contributed by atoms with Crippen molar-refractivity contribution in [3.63, 3.8) is 0 Å². The van der Waals surface area contributed by atoms with Gasteiger partial charge >= 0.3 is 0 Å². The van der Waals surface area contributed by atoms with Crippen LogP contribution in [0.2, 0.25) is 0 Å². The van der Waals surface area contributed by atoms with Crippen LogP contribution in [0, 0.1) is 0 Å². The fraction of sp³-hybridized carbons (Fsp3) is 0.400. The Kier molecular flexibility index (Phi) is 2.42. The number of benzene rings is 1. The number of nitrogens with one attached hydrogen (secondary N) is 1. The Bertz CT molecular complexity index is 674. The summed E-state index contributed by atoms with van der Waals surface area (Å²) >= 11 is 0. The van der Waals surface area contributed by atoms with E-state index in [1.807, 2.05) is 23.1 Å². The normalized spacial score (nSPS) is 21.1. The summed E-state index contributed by atoms with van der Waals surface area (Å²) < 4.78 is 0. The zero-order valence-corrected chi connectivity index (χ0v) is 11.3.